The van der Waals surface area contributed by atoms with Crippen LogP contribution in [-0.2, 0) is 11.8 Å². The zero-order chi connectivity index (χ0) is 24.3. The Kier molecular flexibility index (Phi) is 5.14. The van der Waals surface area contributed by atoms with Crippen LogP contribution in [0.4, 0.5) is 15.9 Å². The second-order valence-electron chi connectivity index (χ2n) is 10.7. The average Bonchev–Trinajstić information content (AvgIpc) is 3.51. The molecule has 3 aliphatic rings. The van der Waals surface area contributed by atoms with Crippen LogP contribution in [0.25, 0.3) is 11.1 Å². The molecule has 3 aromatic rings. The van der Waals surface area contributed by atoms with Crippen LogP contribution in [0.2, 0.25) is 0 Å². The molecule has 4 heterocycles. The molecule has 0 amide bonds. The first-order chi connectivity index (χ1) is 16.8. The molecule has 2 atom stereocenters. The summed E-state index contributed by atoms with van der Waals surface area (Å²) >= 11 is 0. The maximum absolute atomic E-state index is 14.5. The van der Waals surface area contributed by atoms with Crippen molar-refractivity contribution in [1.29, 1.82) is 0 Å². The fourth-order valence-electron chi connectivity index (χ4n) is 5.47. The van der Waals surface area contributed by atoms with E-state index >= 15 is 0 Å². The molecule has 2 N–H and O–H groups in total. The molecule has 2 saturated heterocycles. The van der Waals surface area contributed by atoms with E-state index < -0.39 is 0 Å². The number of fused-ring (bicyclic) bond motifs is 4. The summed E-state index contributed by atoms with van der Waals surface area (Å²) in [4.78, 5) is 20.9. The molecule has 0 saturated carbocycles. The number of benzene rings is 1. The van der Waals surface area contributed by atoms with Crippen molar-refractivity contribution in [2.24, 2.45) is 5.92 Å². The van der Waals surface area contributed by atoms with Gasteiger partial charge in [-0.3, -0.25) is 0 Å². The van der Waals surface area contributed by atoms with Crippen molar-refractivity contribution >= 4 is 11.5 Å². The Labute approximate surface area is 204 Å². The Hall–Kier alpha value is -3.33. The van der Waals surface area contributed by atoms with Crippen molar-refractivity contribution in [3.63, 3.8) is 0 Å². The van der Waals surface area contributed by atoms with Crippen molar-refractivity contribution in [2.45, 2.75) is 45.1 Å². The van der Waals surface area contributed by atoms with Crippen LogP contribution < -0.4 is 20.3 Å². The Balaban J connectivity index is 1.41. The number of anilines is 2. The smallest absolute Gasteiger partial charge is 0.324 e. The first-order valence-electron chi connectivity index (χ1n) is 12.2. The van der Waals surface area contributed by atoms with Crippen LogP contribution >= 0.6 is 0 Å². The SMILES string of the molecule is CNc1cc(F)cc2c1Cc1nc(Oc3cnc(C(C)(C)C)nc3)nc(N3CC4CCNC4C3)c1-2. The van der Waals surface area contributed by atoms with Gasteiger partial charge in [-0.25, -0.2) is 14.4 Å². The normalized spacial score (nSPS) is 20.5. The van der Waals surface area contributed by atoms with Crippen LogP contribution in [0.15, 0.2) is 24.5 Å². The first-order valence-corrected chi connectivity index (χ1v) is 12.2. The highest BCUT2D eigenvalue weighted by Crippen LogP contribution is 2.46. The third kappa shape index (κ3) is 3.87. The first kappa shape index (κ1) is 22.2. The molecule has 9 heteroatoms. The third-order valence-electron chi connectivity index (χ3n) is 7.21. The monoisotopic (exact) mass is 475 g/mol. The molecule has 2 fully saturated rings. The van der Waals surface area contributed by atoms with Gasteiger partial charge in [0.15, 0.2) is 5.75 Å². The second-order valence-corrected chi connectivity index (χ2v) is 10.7. The molecule has 0 spiro atoms. The van der Waals surface area contributed by atoms with Crippen LogP contribution in [0, 0.1) is 11.7 Å². The molecule has 35 heavy (non-hydrogen) atoms. The molecule has 0 radical (unpaired) electrons. The van der Waals surface area contributed by atoms with E-state index in [0.29, 0.717) is 24.1 Å². The second kappa shape index (κ2) is 8.12. The van der Waals surface area contributed by atoms with E-state index in [2.05, 4.69) is 46.3 Å². The number of aromatic nitrogens is 4. The lowest BCUT2D eigenvalue weighted by Gasteiger charge is -2.22. The van der Waals surface area contributed by atoms with Crippen molar-refractivity contribution in [1.82, 2.24) is 25.3 Å². The van der Waals surface area contributed by atoms with Crippen LogP contribution in [0.3, 0.4) is 0 Å². The van der Waals surface area contributed by atoms with E-state index in [1.54, 1.807) is 18.5 Å². The van der Waals surface area contributed by atoms with Gasteiger partial charge in [0.1, 0.15) is 17.5 Å². The molecule has 6 rings (SSSR count). The lowest BCUT2D eigenvalue weighted by molar-refractivity contribution is 0.432. The molecule has 8 nitrogen and oxygen atoms in total. The highest BCUT2D eigenvalue weighted by atomic mass is 19.1. The van der Waals surface area contributed by atoms with Gasteiger partial charge in [0.25, 0.3) is 0 Å². The molecular weight excluding hydrogens is 445 g/mol. The Morgan fingerprint density at radius 3 is 2.66 bits per heavy atom. The molecule has 1 aliphatic carbocycles. The van der Waals surface area contributed by atoms with Gasteiger partial charge in [-0.2, -0.15) is 9.97 Å². The van der Waals surface area contributed by atoms with Gasteiger partial charge >= 0.3 is 6.01 Å². The zero-order valence-corrected chi connectivity index (χ0v) is 20.5. The van der Waals surface area contributed by atoms with E-state index in [1.165, 1.54) is 6.07 Å². The average molecular weight is 476 g/mol. The molecule has 182 valence electrons. The number of halogens is 1. The van der Waals surface area contributed by atoms with Crippen molar-refractivity contribution in [3.05, 3.63) is 47.4 Å². The third-order valence-corrected chi connectivity index (χ3v) is 7.21. The maximum atomic E-state index is 14.5. The van der Waals surface area contributed by atoms with Gasteiger partial charge in [-0.05, 0) is 42.1 Å². The summed E-state index contributed by atoms with van der Waals surface area (Å²) in [5.41, 5.74) is 4.27. The molecule has 1 aromatic carbocycles. The molecule has 2 aliphatic heterocycles. The van der Waals surface area contributed by atoms with E-state index in [9.17, 15) is 4.39 Å². The standard InChI is InChI=1S/C26H30FN7O/c1-26(2,3)24-30-10-16(11-31-24)35-25-32-20-9-17-18(7-15(27)8-19(17)28-4)22(20)23(33-25)34-12-14-5-6-29-21(14)13-34/h7-8,10-11,14,21,28-29H,5-6,9,12-13H2,1-4H3. The van der Waals surface area contributed by atoms with E-state index in [-0.39, 0.29) is 17.2 Å². The van der Waals surface area contributed by atoms with E-state index in [4.69, 9.17) is 14.7 Å². The van der Waals surface area contributed by atoms with Crippen LogP contribution in [0.5, 0.6) is 11.8 Å². The lowest BCUT2D eigenvalue weighted by Crippen LogP contribution is -2.30. The van der Waals surface area contributed by atoms with E-state index in [0.717, 1.165) is 65.8 Å². The quantitative estimate of drug-likeness (QED) is 0.459. The van der Waals surface area contributed by atoms with Crippen LogP contribution in [0.1, 0.15) is 44.3 Å². The van der Waals surface area contributed by atoms with Gasteiger partial charge in [0.05, 0.1) is 18.1 Å². The highest BCUT2D eigenvalue weighted by Gasteiger charge is 2.39. The Morgan fingerprint density at radius 1 is 1.14 bits per heavy atom. The predicted octanol–water partition coefficient (Wildman–Crippen LogP) is 3.91. The maximum Gasteiger partial charge on any atom is 0.324 e. The minimum absolute atomic E-state index is 0.149. The summed E-state index contributed by atoms with van der Waals surface area (Å²) in [7, 11) is 1.81. The summed E-state index contributed by atoms with van der Waals surface area (Å²) in [5, 5.41) is 6.74. The van der Waals surface area contributed by atoms with Crippen LogP contribution in [-0.4, -0.2) is 52.7 Å². The minimum atomic E-state index is -0.275. The zero-order valence-electron chi connectivity index (χ0n) is 20.5. The molecule has 0 bridgehead atoms. The summed E-state index contributed by atoms with van der Waals surface area (Å²) in [5.74, 6) is 2.35. The summed E-state index contributed by atoms with van der Waals surface area (Å²) in [6.45, 7) is 9.04. The number of rotatable bonds is 4. The number of ether oxygens (including phenoxy) is 1. The number of nitrogens with zero attached hydrogens (tertiary/aromatic N) is 5. The minimum Gasteiger partial charge on any atom is -0.421 e. The fourth-order valence-corrected chi connectivity index (χ4v) is 5.47. The number of hydrogen-bond donors (Lipinski definition) is 2. The molecular formula is C26H30FN7O. The lowest BCUT2D eigenvalue weighted by atomic mass is 9.96. The topological polar surface area (TPSA) is 88.1 Å². The predicted molar refractivity (Wildman–Crippen MR) is 133 cm³/mol. The number of hydrogen-bond acceptors (Lipinski definition) is 8. The summed E-state index contributed by atoms with van der Waals surface area (Å²) in [6, 6.07) is 3.84. The van der Waals surface area contributed by atoms with Crippen molar-refractivity contribution in [3.8, 4) is 22.9 Å². The van der Waals surface area contributed by atoms with Gasteiger partial charge in [0, 0.05) is 49.3 Å². The number of nitrogens with one attached hydrogen (secondary N) is 2. The summed E-state index contributed by atoms with van der Waals surface area (Å²) < 4.78 is 20.6. The molecule has 2 unspecified atom stereocenters. The van der Waals surface area contributed by atoms with Gasteiger partial charge in [-0.1, -0.05) is 20.8 Å². The fraction of sp³-hybridized carbons (Fsp3) is 0.462. The van der Waals surface area contributed by atoms with Crippen molar-refractivity contribution in [2.75, 3.05) is 36.9 Å². The Bertz CT molecular complexity index is 1280. The van der Waals surface area contributed by atoms with E-state index in [1.807, 2.05) is 7.05 Å². The highest BCUT2D eigenvalue weighted by molar-refractivity contribution is 5.88. The van der Waals surface area contributed by atoms with Gasteiger partial charge in [-0.15, -0.1) is 0 Å². The van der Waals surface area contributed by atoms with Gasteiger partial charge < -0.3 is 20.3 Å². The summed E-state index contributed by atoms with van der Waals surface area (Å²) in [6.07, 6.45) is 5.07. The largest absolute Gasteiger partial charge is 0.421 e. The molecule has 2 aromatic heterocycles. The van der Waals surface area contributed by atoms with Gasteiger partial charge in [0.2, 0.25) is 0 Å². The Morgan fingerprint density at radius 2 is 1.94 bits per heavy atom. The van der Waals surface area contributed by atoms with Crippen molar-refractivity contribution < 1.29 is 9.13 Å².